The maximum Gasteiger partial charge on any atom is 0.208 e. The number of ether oxygens (including phenoxy) is 2. The molecule has 33 heavy (non-hydrogen) atoms. The summed E-state index contributed by atoms with van der Waals surface area (Å²) in [7, 11) is -3.22. The molecule has 7 nitrogen and oxygen atoms in total. The zero-order chi connectivity index (χ0) is 23.6. The molecule has 0 spiro atoms. The fourth-order valence-electron chi connectivity index (χ4n) is 4.22. The highest BCUT2D eigenvalue weighted by atomic mass is 35.5. The molecule has 2 atom stereocenters. The zero-order valence-corrected chi connectivity index (χ0v) is 20.1. The Balaban J connectivity index is 1.54. The molecule has 0 radical (unpaired) electrons. The Hall–Kier alpha value is -2.73. The van der Waals surface area contributed by atoms with E-state index in [1.165, 1.54) is 6.26 Å². The number of benzene rings is 2. The normalized spacial score (nSPS) is 18.4. The van der Waals surface area contributed by atoms with Crippen molar-refractivity contribution in [2.24, 2.45) is 0 Å². The number of rotatable bonds is 8. The average Bonchev–Trinajstić information content (AvgIpc) is 3.37. The van der Waals surface area contributed by atoms with Gasteiger partial charge in [0.05, 0.1) is 29.0 Å². The Morgan fingerprint density at radius 3 is 2.79 bits per heavy atom. The van der Waals surface area contributed by atoms with Crippen LogP contribution < -0.4 is 14.2 Å². The van der Waals surface area contributed by atoms with Gasteiger partial charge in [-0.1, -0.05) is 18.5 Å². The van der Waals surface area contributed by atoms with Crippen LogP contribution in [0.25, 0.3) is 16.6 Å². The van der Waals surface area contributed by atoms with Crippen LogP contribution in [0, 0.1) is 11.3 Å². The van der Waals surface area contributed by atoms with Crippen molar-refractivity contribution in [2.45, 2.75) is 44.8 Å². The Morgan fingerprint density at radius 1 is 1.24 bits per heavy atom. The van der Waals surface area contributed by atoms with Crippen molar-refractivity contribution in [2.75, 3.05) is 12.9 Å². The van der Waals surface area contributed by atoms with Gasteiger partial charge in [-0.2, -0.15) is 5.26 Å². The smallest absolute Gasteiger partial charge is 0.208 e. The van der Waals surface area contributed by atoms with Gasteiger partial charge < -0.3 is 14.0 Å². The molecule has 0 bridgehead atoms. The third kappa shape index (κ3) is 5.44. The van der Waals surface area contributed by atoms with Crippen LogP contribution >= 0.6 is 11.6 Å². The van der Waals surface area contributed by atoms with Gasteiger partial charge in [0.15, 0.2) is 5.75 Å². The molecule has 1 aromatic heterocycles. The number of fused-ring (bicyclic) bond motifs is 1. The predicted molar refractivity (Wildman–Crippen MR) is 129 cm³/mol. The maximum atomic E-state index is 11.5. The molecule has 9 heteroatoms. The number of nitrogens with one attached hydrogen (secondary N) is 1. The minimum Gasteiger partial charge on any atom is -0.491 e. The number of nitriles is 1. The third-order valence-corrected chi connectivity index (χ3v) is 6.65. The van der Waals surface area contributed by atoms with Crippen LogP contribution in [0.2, 0.25) is 5.02 Å². The number of nitrogens with zero attached hydrogens (tertiary/aromatic N) is 2. The molecule has 0 aliphatic heterocycles. The van der Waals surface area contributed by atoms with Gasteiger partial charge in [0.1, 0.15) is 17.9 Å². The molecule has 0 saturated heterocycles. The molecule has 1 fully saturated rings. The van der Waals surface area contributed by atoms with Gasteiger partial charge in [0, 0.05) is 29.7 Å². The first-order valence-corrected chi connectivity index (χ1v) is 13.2. The Kier molecular flexibility index (Phi) is 6.84. The quantitative estimate of drug-likeness (QED) is 0.493. The van der Waals surface area contributed by atoms with E-state index < -0.39 is 10.0 Å². The summed E-state index contributed by atoms with van der Waals surface area (Å²) in [4.78, 5) is 0. The molecule has 1 aliphatic carbocycles. The Bertz CT molecular complexity index is 1310. The van der Waals surface area contributed by atoms with E-state index in [1.54, 1.807) is 12.1 Å². The molecule has 0 unspecified atom stereocenters. The molecule has 0 amide bonds. The van der Waals surface area contributed by atoms with Crippen LogP contribution in [0.5, 0.6) is 11.5 Å². The molecule has 3 aromatic rings. The van der Waals surface area contributed by atoms with Gasteiger partial charge in [-0.05, 0) is 55.7 Å². The second-order valence-corrected chi connectivity index (χ2v) is 10.5. The molecular formula is C24H26ClN3O4S. The van der Waals surface area contributed by atoms with Gasteiger partial charge in [-0.25, -0.2) is 13.1 Å². The number of hydrogen-bond donors (Lipinski definition) is 1. The van der Waals surface area contributed by atoms with Crippen LogP contribution in [0.4, 0.5) is 0 Å². The van der Waals surface area contributed by atoms with Crippen molar-refractivity contribution in [1.82, 2.24) is 9.29 Å². The molecule has 174 valence electrons. The molecule has 1 saturated carbocycles. The van der Waals surface area contributed by atoms with E-state index in [4.69, 9.17) is 21.1 Å². The first-order chi connectivity index (χ1) is 15.8. The second-order valence-electron chi connectivity index (χ2n) is 8.31. The fraction of sp³-hybridized carbons (Fsp3) is 0.375. The summed E-state index contributed by atoms with van der Waals surface area (Å²) in [6.45, 7) is 2.49. The monoisotopic (exact) mass is 487 g/mol. The van der Waals surface area contributed by atoms with Crippen LogP contribution in [0.15, 0.2) is 42.6 Å². The van der Waals surface area contributed by atoms with E-state index in [0.717, 1.165) is 41.6 Å². The van der Waals surface area contributed by atoms with E-state index in [2.05, 4.69) is 10.8 Å². The molecule has 2 aromatic carbocycles. The Labute approximate surface area is 198 Å². The summed E-state index contributed by atoms with van der Waals surface area (Å²) in [6, 6.07) is 13.5. The van der Waals surface area contributed by atoms with Crippen molar-refractivity contribution >= 4 is 32.5 Å². The lowest BCUT2D eigenvalue weighted by molar-refractivity contribution is 0.208. The van der Waals surface area contributed by atoms with Gasteiger partial charge in [0.25, 0.3) is 0 Å². The minimum atomic E-state index is -3.22. The fourth-order valence-corrected chi connectivity index (χ4v) is 5.31. The average molecular weight is 488 g/mol. The number of sulfonamides is 1. The number of aromatic nitrogens is 1. The number of halogens is 1. The maximum absolute atomic E-state index is 11.5. The van der Waals surface area contributed by atoms with E-state index >= 15 is 0 Å². The lowest BCUT2D eigenvalue weighted by atomic mass is 10.2. The van der Waals surface area contributed by atoms with E-state index in [0.29, 0.717) is 29.4 Å². The van der Waals surface area contributed by atoms with Crippen molar-refractivity contribution in [3.63, 3.8) is 0 Å². The minimum absolute atomic E-state index is 0.0311. The van der Waals surface area contributed by atoms with Crippen LogP contribution in [0.1, 0.15) is 38.2 Å². The van der Waals surface area contributed by atoms with E-state index in [9.17, 15) is 13.7 Å². The van der Waals surface area contributed by atoms with Crippen molar-refractivity contribution in [3.05, 3.63) is 53.2 Å². The van der Waals surface area contributed by atoms with Crippen molar-refractivity contribution < 1.29 is 17.9 Å². The molecule has 1 N–H and O–H groups in total. The van der Waals surface area contributed by atoms with Crippen LogP contribution in [-0.4, -0.2) is 38.0 Å². The molecule has 1 heterocycles. The van der Waals surface area contributed by atoms with Gasteiger partial charge in [-0.15, -0.1) is 0 Å². The van der Waals surface area contributed by atoms with E-state index in [1.807, 2.05) is 42.0 Å². The summed E-state index contributed by atoms with van der Waals surface area (Å²) in [5, 5.41) is 11.0. The van der Waals surface area contributed by atoms with E-state index in [-0.39, 0.29) is 12.1 Å². The van der Waals surface area contributed by atoms with Crippen LogP contribution in [0.3, 0.4) is 0 Å². The van der Waals surface area contributed by atoms with Gasteiger partial charge >= 0.3 is 0 Å². The summed E-state index contributed by atoms with van der Waals surface area (Å²) >= 11 is 6.44. The zero-order valence-electron chi connectivity index (χ0n) is 18.5. The predicted octanol–water partition coefficient (Wildman–Crippen LogP) is 4.79. The standard InChI is InChI=1S/C24H26ClN3O4S/c1-3-10-31-24-17(15-26)11-19(14-22(24)25)28-9-8-16-12-20(6-7-23(16)28)32-21-5-4-18(13-21)27-33(2,29)30/h6-9,11-12,14,18,21,27H,3-5,10,13H2,1-2H3/t18-,21+/m0/s1. The highest BCUT2D eigenvalue weighted by Crippen LogP contribution is 2.34. The molecule has 4 rings (SSSR count). The first-order valence-electron chi connectivity index (χ1n) is 10.9. The summed E-state index contributed by atoms with van der Waals surface area (Å²) in [6.07, 6.45) is 6.11. The SMILES string of the molecule is CCCOc1c(Cl)cc(-n2ccc3cc(O[C@@H]4CC[C@H](NS(C)(=O)=O)C4)ccc32)cc1C#N. The van der Waals surface area contributed by atoms with Crippen molar-refractivity contribution in [3.8, 4) is 23.3 Å². The number of hydrogen-bond acceptors (Lipinski definition) is 5. The molecule has 1 aliphatic rings. The summed E-state index contributed by atoms with van der Waals surface area (Å²) < 4.78 is 39.3. The summed E-state index contributed by atoms with van der Waals surface area (Å²) in [5.74, 6) is 1.15. The molecular weight excluding hydrogens is 462 g/mol. The van der Waals surface area contributed by atoms with Crippen molar-refractivity contribution in [1.29, 1.82) is 5.26 Å². The third-order valence-electron chi connectivity index (χ3n) is 5.61. The summed E-state index contributed by atoms with van der Waals surface area (Å²) in [5.41, 5.74) is 2.12. The lowest BCUT2D eigenvalue weighted by Crippen LogP contribution is -2.32. The van der Waals surface area contributed by atoms with Crippen LogP contribution in [-0.2, 0) is 10.0 Å². The van der Waals surface area contributed by atoms with Gasteiger partial charge in [0.2, 0.25) is 10.0 Å². The largest absolute Gasteiger partial charge is 0.491 e. The highest BCUT2D eigenvalue weighted by Gasteiger charge is 2.28. The highest BCUT2D eigenvalue weighted by molar-refractivity contribution is 7.88. The lowest BCUT2D eigenvalue weighted by Gasteiger charge is -2.15. The second kappa shape index (κ2) is 9.64. The first kappa shape index (κ1) is 23.4. The topological polar surface area (TPSA) is 93.3 Å². The Morgan fingerprint density at radius 2 is 2.06 bits per heavy atom. The van der Waals surface area contributed by atoms with Gasteiger partial charge in [-0.3, -0.25) is 0 Å².